The van der Waals surface area contributed by atoms with Gasteiger partial charge in [0, 0.05) is 101 Å². The van der Waals surface area contributed by atoms with Crippen molar-refractivity contribution in [2.75, 3.05) is 105 Å². The minimum absolute atomic E-state index is 0.000720. The number of imide groups is 1. The molecule has 0 aromatic heterocycles. The summed E-state index contributed by atoms with van der Waals surface area (Å²) in [7, 11) is 2.89. The lowest BCUT2D eigenvalue weighted by molar-refractivity contribution is -0.202. The molecule has 0 saturated heterocycles. The van der Waals surface area contributed by atoms with Gasteiger partial charge in [-0.15, -0.1) is 11.6 Å². The van der Waals surface area contributed by atoms with Crippen LogP contribution in [0.2, 0.25) is 0 Å². The first-order chi connectivity index (χ1) is 44.1. The predicted octanol–water partition coefficient (Wildman–Crippen LogP) is 3.15. The number of halogens is 1. The first-order valence-corrected chi connectivity index (χ1v) is 31.6. The highest BCUT2D eigenvalue weighted by atomic mass is 35.5. The number of likely N-dealkylation sites (N-methyl/N-ethyl adjacent to an activating group) is 2. The number of nitrogens with zero attached hydrogens (tertiary/aromatic N) is 3. The molecule has 6 N–H and O–H groups in total. The third-order valence-electron chi connectivity index (χ3n) is 18.1. The fraction of sp³-hybridized carbons (Fsp3) is 0.625. The number of alkyl halides is 1. The summed E-state index contributed by atoms with van der Waals surface area (Å²) in [5.74, 6) is -6.99. The number of Topliss-reactive ketones (excluding diaryl/α,β-unsaturated/α-hetero) is 1. The van der Waals surface area contributed by atoms with Crippen molar-refractivity contribution in [3.63, 3.8) is 0 Å². The van der Waals surface area contributed by atoms with Gasteiger partial charge in [-0.05, 0) is 80.7 Å². The smallest absolute Gasteiger partial charge is 0.409 e. The number of hydrogen-bond acceptors (Lipinski definition) is 20. The van der Waals surface area contributed by atoms with Gasteiger partial charge in [-0.1, -0.05) is 51.5 Å². The first kappa shape index (κ1) is 74.4. The number of aliphatic carboxylic acids is 1. The van der Waals surface area contributed by atoms with Gasteiger partial charge in [0.05, 0.1) is 63.8 Å². The lowest BCUT2D eigenvalue weighted by Gasteiger charge is -2.64. The van der Waals surface area contributed by atoms with E-state index in [9.17, 15) is 67.7 Å². The molecule has 4 aliphatic carbocycles. The Balaban J connectivity index is 0.843. The van der Waals surface area contributed by atoms with Crippen LogP contribution in [0, 0.1) is 28.6 Å². The number of carbonyl (C=O) groups excluding carboxylic acids is 11. The van der Waals surface area contributed by atoms with Crippen molar-refractivity contribution < 1.29 is 101 Å². The summed E-state index contributed by atoms with van der Waals surface area (Å²) in [6.45, 7) is 9.53. The summed E-state index contributed by atoms with van der Waals surface area (Å²) in [4.78, 5) is 154. The van der Waals surface area contributed by atoms with Gasteiger partial charge >= 0.3 is 24.1 Å². The van der Waals surface area contributed by atoms with Crippen LogP contribution in [-0.2, 0) is 87.7 Å². The van der Waals surface area contributed by atoms with Gasteiger partial charge < -0.3 is 74.4 Å². The summed E-state index contributed by atoms with van der Waals surface area (Å²) >= 11 is 7.62. The van der Waals surface area contributed by atoms with E-state index in [1.807, 2.05) is 20.8 Å². The molecule has 0 radical (unpaired) electrons. The maximum Gasteiger partial charge on any atom is 0.409 e. The first-order valence-electron chi connectivity index (χ1n) is 31.3. The van der Waals surface area contributed by atoms with E-state index in [4.69, 9.17) is 44.8 Å². The second-order valence-electron chi connectivity index (χ2n) is 24.3. The Morgan fingerprint density at radius 1 is 0.763 bits per heavy atom. The van der Waals surface area contributed by atoms with E-state index < -0.39 is 118 Å². The molecule has 512 valence electrons. The number of carboxylic acids is 1. The van der Waals surface area contributed by atoms with Crippen molar-refractivity contribution >= 4 is 88.4 Å². The molecular formula is C64H88ClN7O21. The van der Waals surface area contributed by atoms with Crippen molar-refractivity contribution in [1.29, 1.82) is 0 Å². The molecule has 1 heterocycles. The van der Waals surface area contributed by atoms with Crippen LogP contribution in [0.15, 0.2) is 60.2 Å². The maximum atomic E-state index is 14.7. The Morgan fingerprint density at radius 2 is 1.37 bits per heavy atom. The standard InChI is InChI=1S/C64H88ClN7O21/c1-8-56(82)93-64(40(2)35-47-46-14-11-43-36-45(73)19-22-61(43,4)63(46,65)49(74)37-62(47,64)5)50(75)39-92-60(86)71(7)26-25-70(6)59(85)91-38-42-9-12-44(13-10-42)68-57(83)41(3)67-58(84)48(15-18-55(80)81)69-52(77)21-27-87-29-31-89-33-34-90-32-30-88-28-23-66-51(76)20-24-72-53(78)16-17-54(72)79/h9-10,12-13,16-17,19,22,36,40-41,46-49,74H,8,11,14-15,18,20-21,23-35,37-39H2,1-7H3,(H,66,76)(H,67,84)(H,68,83)(H,69,77)(H,80,81)/t40-,41-,46-,47?,48-,49-,61-,62-,63-,64-/m0/s1. The quantitative estimate of drug-likeness (QED) is 0.0185. The van der Waals surface area contributed by atoms with Gasteiger partial charge in [0.15, 0.2) is 18.0 Å². The van der Waals surface area contributed by atoms with Crippen LogP contribution in [0.4, 0.5) is 15.3 Å². The second-order valence-corrected chi connectivity index (χ2v) is 24.9. The fourth-order valence-electron chi connectivity index (χ4n) is 13.0. The number of benzene rings is 1. The van der Waals surface area contributed by atoms with Gasteiger partial charge in [0.1, 0.15) is 18.7 Å². The zero-order chi connectivity index (χ0) is 68.3. The van der Waals surface area contributed by atoms with Crippen molar-refractivity contribution in [1.82, 2.24) is 30.7 Å². The summed E-state index contributed by atoms with van der Waals surface area (Å²) in [5.41, 5.74) is -2.01. The molecule has 29 heteroatoms. The Bertz CT molecular complexity index is 3000. The van der Waals surface area contributed by atoms with Gasteiger partial charge in [0.2, 0.25) is 29.4 Å². The number of amides is 8. The number of ketones is 2. The molecule has 1 aromatic rings. The number of carboxylic acid groups (broad SMARTS) is 1. The predicted molar refractivity (Wildman–Crippen MR) is 331 cm³/mol. The largest absolute Gasteiger partial charge is 0.481 e. The molecule has 3 fully saturated rings. The average Bonchev–Trinajstić information content (AvgIpc) is 1.62. The van der Waals surface area contributed by atoms with Crippen molar-refractivity contribution in [2.24, 2.45) is 28.6 Å². The van der Waals surface area contributed by atoms with E-state index in [1.54, 1.807) is 43.3 Å². The van der Waals surface area contributed by atoms with Crippen LogP contribution in [-0.4, -0.2) is 224 Å². The number of anilines is 1. The topological polar surface area (TPSA) is 368 Å². The monoisotopic (exact) mass is 1330 g/mol. The number of rotatable bonds is 36. The van der Waals surface area contributed by atoms with E-state index >= 15 is 0 Å². The third-order valence-corrected chi connectivity index (χ3v) is 19.1. The number of carbonyl (C=O) groups is 12. The fourth-order valence-corrected chi connectivity index (χ4v) is 13.5. The number of fused-ring (bicyclic) bond motifs is 5. The van der Waals surface area contributed by atoms with Crippen LogP contribution in [0.1, 0.15) is 98.0 Å². The van der Waals surface area contributed by atoms with Crippen LogP contribution in [0.5, 0.6) is 0 Å². The maximum absolute atomic E-state index is 14.7. The number of aliphatic hydroxyl groups is 1. The molecule has 10 atom stereocenters. The Hall–Kier alpha value is -7.63. The SMILES string of the molecule is CCC(=O)O[C@]1(C(=O)COC(=O)N(C)CCN(C)C(=O)OCc2ccc(NC(=O)[C@H](C)NC(=O)[C@H](CCC(=O)O)NC(=O)CCOCCOCCOCCOCCNC(=O)CCN3C(=O)C=CC3=O)cc2)[C@@H](C)CC2[C@@H]3CCC4=CC(=O)C=C[C@]4(C)[C@@]3(Cl)[C@@H](O)C[C@@]21C. The van der Waals surface area contributed by atoms with Crippen molar-refractivity contribution in [3.05, 3.63) is 65.8 Å². The number of esters is 1. The van der Waals surface area contributed by atoms with E-state index in [1.165, 1.54) is 36.9 Å². The number of aliphatic hydroxyl groups excluding tert-OH is 1. The molecule has 3 saturated carbocycles. The molecule has 0 spiro atoms. The lowest BCUT2D eigenvalue weighted by Crippen LogP contribution is -2.69. The number of allylic oxidation sites excluding steroid dienone is 4. The van der Waals surface area contributed by atoms with Gasteiger partial charge in [0.25, 0.3) is 11.8 Å². The third kappa shape index (κ3) is 18.6. The van der Waals surface area contributed by atoms with Crippen LogP contribution in [0.25, 0.3) is 0 Å². The molecule has 0 bridgehead atoms. The van der Waals surface area contributed by atoms with Gasteiger partial charge in [-0.2, -0.15) is 0 Å². The molecule has 28 nitrogen and oxygen atoms in total. The van der Waals surface area contributed by atoms with Gasteiger partial charge in [-0.25, -0.2) is 9.59 Å². The zero-order valence-electron chi connectivity index (χ0n) is 53.8. The van der Waals surface area contributed by atoms with Crippen LogP contribution >= 0.6 is 11.6 Å². The summed E-state index contributed by atoms with van der Waals surface area (Å²) < 4.78 is 39.0. The number of nitrogens with one attached hydrogen (secondary N) is 4. The van der Waals surface area contributed by atoms with Crippen molar-refractivity contribution in [2.45, 2.75) is 128 Å². The molecule has 5 aliphatic rings. The molecule has 93 heavy (non-hydrogen) atoms. The van der Waals surface area contributed by atoms with Gasteiger partial charge in [-0.3, -0.25) is 52.8 Å². The highest BCUT2D eigenvalue weighted by Gasteiger charge is 2.76. The van der Waals surface area contributed by atoms with E-state index in [2.05, 4.69) is 21.3 Å². The summed E-state index contributed by atoms with van der Waals surface area (Å²) in [6, 6.07) is 3.86. The molecule has 8 amide bonds. The Labute approximate surface area is 545 Å². The average molecular weight is 1330 g/mol. The van der Waals surface area contributed by atoms with E-state index in [-0.39, 0.29) is 141 Å². The highest BCUT2D eigenvalue weighted by Crippen LogP contribution is 2.72. The number of hydrogen-bond donors (Lipinski definition) is 6. The second kappa shape index (κ2) is 34.0. The molecule has 6 rings (SSSR count). The summed E-state index contributed by atoms with van der Waals surface area (Å²) in [6.07, 6.45) is 4.99. The molecule has 1 aromatic carbocycles. The van der Waals surface area contributed by atoms with Crippen LogP contribution in [0.3, 0.4) is 0 Å². The number of ether oxygens (including phenoxy) is 7. The Morgan fingerprint density at radius 3 is 1.98 bits per heavy atom. The lowest BCUT2D eigenvalue weighted by atomic mass is 9.45. The minimum atomic E-state index is -1.77. The molecule has 1 aliphatic heterocycles. The summed E-state index contributed by atoms with van der Waals surface area (Å²) in [5, 5.41) is 31.8. The normalized spacial score (nSPS) is 24.9. The van der Waals surface area contributed by atoms with Crippen LogP contribution < -0.4 is 21.3 Å². The van der Waals surface area contributed by atoms with E-state index in [0.717, 1.165) is 22.6 Å². The van der Waals surface area contributed by atoms with Crippen molar-refractivity contribution in [3.8, 4) is 0 Å². The Kier molecular flexibility index (Phi) is 27.2. The minimum Gasteiger partial charge on any atom is -0.481 e. The molecular weight excluding hydrogens is 1240 g/mol. The van der Waals surface area contributed by atoms with E-state index in [0.29, 0.717) is 30.5 Å². The molecule has 1 unspecified atom stereocenters. The highest BCUT2D eigenvalue weighted by molar-refractivity contribution is 6.26. The zero-order valence-corrected chi connectivity index (χ0v) is 54.6.